The molecule has 0 spiro atoms. The zero-order valence-corrected chi connectivity index (χ0v) is 19.9. The first kappa shape index (κ1) is 26.7. The summed E-state index contributed by atoms with van der Waals surface area (Å²) in [7, 11) is 0. The molecule has 2 heterocycles. The van der Waals surface area contributed by atoms with E-state index < -0.39 is 59.0 Å². The number of nitrogens with two attached hydrogens (primary N) is 1. The van der Waals surface area contributed by atoms with Crippen molar-refractivity contribution in [2.45, 2.75) is 32.1 Å². The Balaban J connectivity index is 1.74. The average Bonchev–Trinajstić information content (AvgIpc) is 3.12. The van der Waals surface area contributed by atoms with Gasteiger partial charge in [-0.25, -0.2) is 22.9 Å². The number of aromatic nitrogens is 2. The van der Waals surface area contributed by atoms with Crippen molar-refractivity contribution in [3.8, 4) is 0 Å². The molecule has 1 saturated heterocycles. The molecule has 1 aliphatic heterocycles. The van der Waals surface area contributed by atoms with Gasteiger partial charge in [-0.15, -0.1) is 0 Å². The van der Waals surface area contributed by atoms with E-state index in [1.165, 1.54) is 11.0 Å². The minimum absolute atomic E-state index is 0.115. The van der Waals surface area contributed by atoms with Gasteiger partial charge in [0.2, 0.25) is 5.95 Å². The molecule has 38 heavy (non-hydrogen) atoms. The number of carbonyl (C=O) groups excluding carboxylic acids is 2. The van der Waals surface area contributed by atoms with Crippen LogP contribution in [0.5, 0.6) is 0 Å². The van der Waals surface area contributed by atoms with Crippen molar-refractivity contribution < 1.29 is 35.9 Å². The fourth-order valence-corrected chi connectivity index (χ4v) is 3.86. The molecule has 2 aromatic carbocycles. The van der Waals surface area contributed by atoms with E-state index in [1.807, 2.05) is 0 Å². The van der Waals surface area contributed by atoms with Crippen molar-refractivity contribution in [2.24, 2.45) is 0 Å². The number of nitrogen functional groups attached to an aromatic ring is 1. The third-order valence-corrected chi connectivity index (χ3v) is 5.64. The van der Waals surface area contributed by atoms with Crippen molar-refractivity contribution in [1.82, 2.24) is 15.3 Å². The summed E-state index contributed by atoms with van der Waals surface area (Å²) in [5, 5.41) is 2.71. The Morgan fingerprint density at radius 3 is 2.37 bits per heavy atom. The Labute approximate surface area is 212 Å². The second-order valence-electron chi connectivity index (χ2n) is 9.18. The van der Waals surface area contributed by atoms with Gasteiger partial charge >= 0.3 is 12.2 Å². The van der Waals surface area contributed by atoms with Crippen molar-refractivity contribution in [3.05, 3.63) is 76.7 Å². The molecule has 0 saturated carbocycles. The number of urea groups is 1. The van der Waals surface area contributed by atoms with E-state index in [1.54, 1.807) is 13.8 Å². The van der Waals surface area contributed by atoms with Crippen LogP contribution < -0.4 is 20.9 Å². The number of carbonyl (C=O) groups is 2. The zero-order chi connectivity index (χ0) is 28.0. The van der Waals surface area contributed by atoms with Crippen LogP contribution in [0.3, 0.4) is 0 Å². The summed E-state index contributed by atoms with van der Waals surface area (Å²) in [4.78, 5) is 35.7. The van der Waals surface area contributed by atoms with Crippen LogP contribution in [-0.4, -0.2) is 34.0 Å². The molecule has 1 fully saturated rings. The van der Waals surface area contributed by atoms with Crippen molar-refractivity contribution in [2.75, 3.05) is 22.1 Å². The first-order valence-corrected chi connectivity index (χ1v) is 11.0. The van der Waals surface area contributed by atoms with Gasteiger partial charge in [-0.3, -0.25) is 9.69 Å². The molecule has 0 bridgehead atoms. The van der Waals surface area contributed by atoms with Crippen LogP contribution in [0.4, 0.5) is 48.6 Å². The molecular weight excluding hydrogens is 518 g/mol. The molecule has 3 amide bonds. The van der Waals surface area contributed by atoms with Crippen LogP contribution in [0.1, 0.15) is 35.3 Å². The Morgan fingerprint density at radius 2 is 1.82 bits per heavy atom. The maximum Gasteiger partial charge on any atom is 0.416 e. The van der Waals surface area contributed by atoms with E-state index in [0.717, 1.165) is 23.2 Å². The first-order valence-electron chi connectivity index (χ1n) is 11.0. The number of alkyl halides is 3. The van der Waals surface area contributed by atoms with Gasteiger partial charge in [0.05, 0.1) is 24.2 Å². The van der Waals surface area contributed by atoms with Crippen molar-refractivity contribution >= 4 is 29.4 Å². The quantitative estimate of drug-likeness (QED) is 0.364. The molecule has 1 aliphatic rings. The lowest BCUT2D eigenvalue weighted by Gasteiger charge is -2.25. The summed E-state index contributed by atoms with van der Waals surface area (Å²) >= 11 is 0. The van der Waals surface area contributed by atoms with E-state index in [-0.39, 0.29) is 29.3 Å². The van der Waals surface area contributed by atoms with Crippen LogP contribution in [0.15, 0.2) is 42.6 Å². The highest BCUT2D eigenvalue weighted by molar-refractivity contribution is 6.08. The Morgan fingerprint density at radius 1 is 1.16 bits per heavy atom. The molecule has 8 nitrogen and oxygen atoms in total. The topological polar surface area (TPSA) is 104 Å². The van der Waals surface area contributed by atoms with Gasteiger partial charge in [0, 0.05) is 11.9 Å². The maximum absolute atomic E-state index is 13.8. The number of rotatable bonds is 5. The van der Waals surface area contributed by atoms with E-state index in [4.69, 9.17) is 5.73 Å². The lowest BCUT2D eigenvalue weighted by atomic mass is 10.1. The van der Waals surface area contributed by atoms with E-state index in [9.17, 15) is 35.9 Å². The largest absolute Gasteiger partial charge is 0.416 e. The molecule has 0 radical (unpaired) electrons. The molecule has 1 aromatic heterocycles. The van der Waals surface area contributed by atoms with Gasteiger partial charge in [-0.2, -0.15) is 18.2 Å². The first-order chi connectivity index (χ1) is 17.7. The molecule has 200 valence electrons. The van der Waals surface area contributed by atoms with Gasteiger partial charge in [0.15, 0.2) is 17.5 Å². The second-order valence-corrected chi connectivity index (χ2v) is 9.18. The highest BCUT2D eigenvalue weighted by Crippen LogP contribution is 2.33. The monoisotopic (exact) mass is 538 g/mol. The van der Waals surface area contributed by atoms with Crippen LogP contribution in [0.2, 0.25) is 0 Å². The smallest absolute Gasteiger partial charge is 0.383 e. The van der Waals surface area contributed by atoms with Crippen molar-refractivity contribution in [3.63, 3.8) is 0 Å². The third-order valence-electron chi connectivity index (χ3n) is 5.64. The van der Waals surface area contributed by atoms with Crippen LogP contribution in [0, 0.1) is 17.5 Å². The molecule has 0 atom stereocenters. The van der Waals surface area contributed by atoms with Crippen LogP contribution >= 0.6 is 0 Å². The third kappa shape index (κ3) is 5.33. The Bertz CT molecular complexity index is 1400. The minimum Gasteiger partial charge on any atom is -0.383 e. The lowest BCUT2D eigenvalue weighted by Crippen LogP contribution is -2.36. The molecule has 4 rings (SSSR count). The molecule has 3 N–H and O–H groups in total. The SMILES string of the molecule is CC1(C)CN(c2ncc(C(=O)N(Cc3cc(F)c(F)c(F)c3)c3cccc(C(F)(F)F)c3)c(N)n2)C(=O)N1. The molecule has 0 aliphatic carbocycles. The molecule has 0 unspecified atom stereocenters. The van der Waals surface area contributed by atoms with Crippen molar-refractivity contribution in [1.29, 1.82) is 0 Å². The maximum atomic E-state index is 13.8. The minimum atomic E-state index is -4.76. The molecule has 3 aromatic rings. The molecule has 14 heteroatoms. The molecular formula is C24H20F6N6O2. The number of hydrogen-bond acceptors (Lipinski definition) is 5. The summed E-state index contributed by atoms with van der Waals surface area (Å²) in [6.45, 7) is 3.06. The predicted molar refractivity (Wildman–Crippen MR) is 125 cm³/mol. The summed E-state index contributed by atoms with van der Waals surface area (Å²) in [5.74, 6) is -6.36. The predicted octanol–water partition coefficient (Wildman–Crippen LogP) is 4.65. The number of benzene rings is 2. The number of amides is 3. The highest BCUT2D eigenvalue weighted by atomic mass is 19.4. The van der Waals surface area contributed by atoms with Crippen LogP contribution in [-0.2, 0) is 12.7 Å². The van der Waals surface area contributed by atoms with Gasteiger partial charge in [-0.05, 0) is 49.7 Å². The number of halogens is 6. The standard InChI is InChI=1S/C24H20F6N6O2/c1-23(2)11-36(22(38)34-23)21-32-9-15(19(31)33-21)20(37)35(10-12-6-16(25)18(27)17(26)7-12)14-5-3-4-13(8-14)24(28,29)30/h3-9H,10-11H2,1-2H3,(H,34,38)(H2,31,32,33). The summed E-state index contributed by atoms with van der Waals surface area (Å²) in [6, 6.07) is 4.38. The van der Waals surface area contributed by atoms with Gasteiger partial charge in [-0.1, -0.05) is 6.07 Å². The fourth-order valence-electron chi connectivity index (χ4n) is 3.86. The van der Waals surface area contributed by atoms with E-state index >= 15 is 0 Å². The Kier molecular flexibility index (Phi) is 6.68. The van der Waals surface area contributed by atoms with Crippen LogP contribution in [0.25, 0.3) is 0 Å². The summed E-state index contributed by atoms with van der Waals surface area (Å²) < 4.78 is 81.2. The Hall–Kier alpha value is -4.36. The normalized spacial score (nSPS) is 14.9. The zero-order valence-electron chi connectivity index (χ0n) is 19.9. The number of nitrogens with one attached hydrogen (secondary N) is 1. The van der Waals surface area contributed by atoms with E-state index in [2.05, 4.69) is 15.3 Å². The number of hydrogen-bond donors (Lipinski definition) is 2. The average molecular weight is 538 g/mol. The van der Waals surface area contributed by atoms with Gasteiger partial charge < -0.3 is 16.0 Å². The number of anilines is 3. The number of nitrogens with zero attached hydrogens (tertiary/aromatic N) is 4. The fraction of sp³-hybridized carbons (Fsp3) is 0.250. The van der Waals surface area contributed by atoms with Gasteiger partial charge in [0.25, 0.3) is 5.91 Å². The van der Waals surface area contributed by atoms with E-state index in [0.29, 0.717) is 18.2 Å². The second kappa shape index (κ2) is 9.50. The lowest BCUT2D eigenvalue weighted by molar-refractivity contribution is -0.137. The highest BCUT2D eigenvalue weighted by Gasteiger charge is 2.37. The summed E-state index contributed by atoms with van der Waals surface area (Å²) in [6.07, 6.45) is -3.77. The van der Waals surface area contributed by atoms with Gasteiger partial charge in [0.1, 0.15) is 11.4 Å². The summed E-state index contributed by atoms with van der Waals surface area (Å²) in [5.41, 5.74) is 3.39.